The van der Waals surface area contributed by atoms with E-state index in [4.69, 9.17) is 4.74 Å². The van der Waals surface area contributed by atoms with E-state index >= 15 is 0 Å². The molecule has 0 unspecified atom stereocenters. The molecule has 0 saturated carbocycles. The molecule has 0 atom stereocenters. The van der Waals surface area contributed by atoms with E-state index in [2.05, 4.69) is 4.98 Å². The molecular weight excluding hydrogens is 396 g/mol. The molecule has 29 heavy (non-hydrogen) atoms. The zero-order chi connectivity index (χ0) is 20.6. The predicted molar refractivity (Wildman–Crippen MR) is 106 cm³/mol. The molecule has 1 heterocycles. The molecule has 0 amide bonds. The highest BCUT2D eigenvalue weighted by Gasteiger charge is 2.25. The van der Waals surface area contributed by atoms with Gasteiger partial charge in [-0.2, -0.15) is 0 Å². The van der Waals surface area contributed by atoms with Crippen LogP contribution < -0.4 is 4.74 Å². The number of nitrogens with zero attached hydrogens (tertiary/aromatic N) is 1. The second-order valence-electron chi connectivity index (χ2n) is 6.32. The Morgan fingerprint density at radius 1 is 0.897 bits per heavy atom. The minimum atomic E-state index is -3.99. The van der Waals surface area contributed by atoms with Crippen LogP contribution in [0.15, 0.2) is 82.7 Å². The molecule has 146 valence electrons. The molecule has 1 aromatic heterocycles. The fourth-order valence-electron chi connectivity index (χ4n) is 3.17. The van der Waals surface area contributed by atoms with Crippen molar-refractivity contribution in [1.82, 2.24) is 4.98 Å². The molecule has 4 rings (SSSR count). The SMILES string of the molecule is COc1ccc(S(=O)(=O)c2cnc3c(F)cccc3c2-c2ccc(F)cc2)cc1. The molecule has 4 aromatic rings. The van der Waals surface area contributed by atoms with Gasteiger partial charge in [-0.05, 0) is 48.0 Å². The maximum atomic E-state index is 14.3. The van der Waals surface area contributed by atoms with Crippen molar-refractivity contribution in [3.8, 4) is 16.9 Å². The Balaban J connectivity index is 2.03. The fourth-order valence-corrected chi connectivity index (χ4v) is 4.60. The van der Waals surface area contributed by atoms with Crippen LogP contribution in [0.5, 0.6) is 5.75 Å². The zero-order valence-corrected chi connectivity index (χ0v) is 16.1. The first-order valence-corrected chi connectivity index (χ1v) is 10.1. The molecule has 0 N–H and O–H groups in total. The van der Waals surface area contributed by atoms with E-state index in [-0.39, 0.29) is 20.9 Å². The summed E-state index contributed by atoms with van der Waals surface area (Å²) in [5.41, 5.74) is 0.752. The van der Waals surface area contributed by atoms with E-state index in [0.29, 0.717) is 16.7 Å². The predicted octanol–water partition coefficient (Wildman–Crippen LogP) is 5.02. The van der Waals surface area contributed by atoms with Crippen LogP contribution in [0, 0.1) is 11.6 Å². The lowest BCUT2D eigenvalue weighted by Crippen LogP contribution is -2.06. The number of rotatable bonds is 4. The minimum Gasteiger partial charge on any atom is -0.497 e. The van der Waals surface area contributed by atoms with E-state index in [1.165, 1.54) is 55.6 Å². The van der Waals surface area contributed by atoms with Crippen LogP contribution >= 0.6 is 0 Å². The first kappa shape index (κ1) is 19.0. The molecular formula is C22H15F2NO3S. The van der Waals surface area contributed by atoms with Gasteiger partial charge in [0.25, 0.3) is 0 Å². The Labute approximate surface area is 166 Å². The highest BCUT2D eigenvalue weighted by atomic mass is 32.2. The van der Waals surface area contributed by atoms with Crippen molar-refractivity contribution < 1.29 is 21.9 Å². The quantitative estimate of drug-likeness (QED) is 0.473. The minimum absolute atomic E-state index is 0.0409. The Hall–Kier alpha value is -3.32. The Kier molecular flexibility index (Phi) is 4.76. The molecule has 0 radical (unpaired) electrons. The second-order valence-corrected chi connectivity index (χ2v) is 8.24. The highest BCUT2D eigenvalue weighted by molar-refractivity contribution is 7.91. The number of hydrogen-bond donors (Lipinski definition) is 0. The van der Waals surface area contributed by atoms with Crippen LogP contribution in [0.3, 0.4) is 0 Å². The number of pyridine rings is 1. The molecule has 0 aliphatic rings. The van der Waals surface area contributed by atoms with Crippen molar-refractivity contribution in [1.29, 1.82) is 0 Å². The van der Waals surface area contributed by atoms with Crippen molar-refractivity contribution in [2.45, 2.75) is 9.79 Å². The number of methoxy groups -OCH3 is 1. The van der Waals surface area contributed by atoms with Gasteiger partial charge in [-0.15, -0.1) is 0 Å². The molecule has 4 nitrogen and oxygen atoms in total. The Morgan fingerprint density at radius 2 is 1.59 bits per heavy atom. The average molecular weight is 411 g/mol. The second kappa shape index (κ2) is 7.25. The molecule has 0 aliphatic heterocycles. The largest absolute Gasteiger partial charge is 0.497 e. The van der Waals surface area contributed by atoms with Crippen molar-refractivity contribution in [3.63, 3.8) is 0 Å². The normalized spacial score (nSPS) is 11.6. The van der Waals surface area contributed by atoms with Crippen LogP contribution in [0.25, 0.3) is 22.0 Å². The number of benzene rings is 3. The Bertz CT molecular complexity index is 1300. The van der Waals surface area contributed by atoms with Crippen LogP contribution in [-0.4, -0.2) is 20.5 Å². The number of para-hydroxylation sites is 1. The van der Waals surface area contributed by atoms with Crippen LogP contribution in [0.4, 0.5) is 8.78 Å². The van der Waals surface area contributed by atoms with Crippen LogP contribution in [0.2, 0.25) is 0 Å². The molecule has 3 aromatic carbocycles. The van der Waals surface area contributed by atoms with Crippen molar-refractivity contribution in [2.24, 2.45) is 0 Å². The lowest BCUT2D eigenvalue weighted by atomic mass is 10.0. The third-order valence-electron chi connectivity index (χ3n) is 4.61. The monoisotopic (exact) mass is 411 g/mol. The molecule has 0 spiro atoms. The number of fused-ring (bicyclic) bond motifs is 1. The van der Waals surface area contributed by atoms with Crippen molar-refractivity contribution in [2.75, 3.05) is 7.11 Å². The lowest BCUT2D eigenvalue weighted by molar-refractivity contribution is 0.414. The molecule has 7 heteroatoms. The number of halogens is 2. The van der Waals surface area contributed by atoms with Gasteiger partial charge in [0.15, 0.2) is 0 Å². The average Bonchev–Trinajstić information content (AvgIpc) is 2.74. The van der Waals surface area contributed by atoms with Gasteiger partial charge in [0.1, 0.15) is 22.9 Å². The lowest BCUT2D eigenvalue weighted by Gasteiger charge is -2.14. The number of hydrogen-bond acceptors (Lipinski definition) is 4. The summed E-state index contributed by atoms with van der Waals surface area (Å²) < 4.78 is 59.6. The van der Waals surface area contributed by atoms with E-state index in [0.717, 1.165) is 6.20 Å². The van der Waals surface area contributed by atoms with Gasteiger partial charge in [-0.3, -0.25) is 4.98 Å². The highest BCUT2D eigenvalue weighted by Crippen LogP contribution is 2.37. The molecule has 0 saturated heterocycles. The summed E-state index contributed by atoms with van der Waals surface area (Å²) in [5.74, 6) is -0.515. The first-order chi connectivity index (χ1) is 13.9. The summed E-state index contributed by atoms with van der Waals surface area (Å²) in [4.78, 5) is 4.01. The van der Waals surface area contributed by atoms with Crippen LogP contribution in [0.1, 0.15) is 0 Å². The molecule has 0 fully saturated rings. The van der Waals surface area contributed by atoms with Crippen molar-refractivity contribution >= 4 is 20.7 Å². The summed E-state index contributed by atoms with van der Waals surface area (Å²) in [6, 6.07) is 15.6. The van der Waals surface area contributed by atoms with Gasteiger partial charge in [0.2, 0.25) is 9.84 Å². The molecule has 0 bridgehead atoms. The summed E-state index contributed by atoms with van der Waals surface area (Å²) in [6.07, 6.45) is 1.14. The fraction of sp³-hybridized carbons (Fsp3) is 0.0455. The van der Waals surface area contributed by atoms with Gasteiger partial charge in [-0.25, -0.2) is 17.2 Å². The summed E-state index contributed by atoms with van der Waals surface area (Å²) in [6.45, 7) is 0. The molecule has 0 aliphatic carbocycles. The maximum absolute atomic E-state index is 14.3. The van der Waals surface area contributed by atoms with Gasteiger partial charge in [0.05, 0.1) is 16.9 Å². The number of sulfone groups is 1. The number of ether oxygens (including phenoxy) is 1. The van der Waals surface area contributed by atoms with E-state index in [9.17, 15) is 17.2 Å². The van der Waals surface area contributed by atoms with Gasteiger partial charge in [0, 0.05) is 17.1 Å². The van der Waals surface area contributed by atoms with Gasteiger partial charge >= 0.3 is 0 Å². The summed E-state index contributed by atoms with van der Waals surface area (Å²) >= 11 is 0. The van der Waals surface area contributed by atoms with E-state index < -0.39 is 21.5 Å². The third kappa shape index (κ3) is 3.34. The number of aromatic nitrogens is 1. The van der Waals surface area contributed by atoms with E-state index in [1.54, 1.807) is 18.2 Å². The first-order valence-electron chi connectivity index (χ1n) is 8.64. The smallest absolute Gasteiger partial charge is 0.208 e. The standard InChI is InChI=1S/C22H15F2NO3S/c1-28-16-9-11-17(12-10-16)29(26,27)20-13-25-22-18(3-2-4-19(22)24)21(20)14-5-7-15(23)8-6-14/h2-13H,1H3. The maximum Gasteiger partial charge on any atom is 0.208 e. The summed E-state index contributed by atoms with van der Waals surface area (Å²) in [7, 11) is -2.51. The summed E-state index contributed by atoms with van der Waals surface area (Å²) in [5, 5.41) is 0.325. The van der Waals surface area contributed by atoms with Gasteiger partial charge in [-0.1, -0.05) is 24.3 Å². The van der Waals surface area contributed by atoms with Gasteiger partial charge < -0.3 is 4.74 Å². The van der Waals surface area contributed by atoms with Crippen molar-refractivity contribution in [3.05, 3.63) is 84.6 Å². The third-order valence-corrected chi connectivity index (χ3v) is 6.39. The topological polar surface area (TPSA) is 56.3 Å². The zero-order valence-electron chi connectivity index (χ0n) is 15.3. The Morgan fingerprint density at radius 3 is 2.24 bits per heavy atom. The van der Waals surface area contributed by atoms with Crippen LogP contribution in [-0.2, 0) is 9.84 Å². The van der Waals surface area contributed by atoms with E-state index in [1.807, 2.05) is 0 Å².